The van der Waals surface area contributed by atoms with Crippen LogP contribution in [0.3, 0.4) is 0 Å². The largest absolute Gasteiger partial charge is 0.452 e. The van der Waals surface area contributed by atoms with Crippen molar-refractivity contribution in [3.05, 3.63) is 83.7 Å². The predicted molar refractivity (Wildman–Crippen MR) is 107 cm³/mol. The second-order valence-electron chi connectivity index (χ2n) is 6.58. The summed E-state index contributed by atoms with van der Waals surface area (Å²) in [5.41, 5.74) is 3.17. The minimum atomic E-state index is -0.535. The highest BCUT2D eigenvalue weighted by Crippen LogP contribution is 2.10. The van der Waals surface area contributed by atoms with Gasteiger partial charge >= 0.3 is 5.97 Å². The highest BCUT2D eigenvalue weighted by Gasteiger charge is 2.15. The van der Waals surface area contributed by atoms with Crippen LogP contribution in [0.4, 0.5) is 0 Å². The average molecular weight is 393 g/mol. The summed E-state index contributed by atoms with van der Waals surface area (Å²) >= 11 is 0. The lowest BCUT2D eigenvalue weighted by Gasteiger charge is -2.16. The van der Waals surface area contributed by atoms with Crippen LogP contribution in [0.1, 0.15) is 21.5 Å². The first-order valence-corrected chi connectivity index (χ1v) is 9.15. The number of nitrogens with zero attached hydrogens (tertiary/aromatic N) is 3. The molecule has 0 saturated carbocycles. The van der Waals surface area contributed by atoms with Gasteiger partial charge in [0.25, 0.3) is 5.91 Å². The summed E-state index contributed by atoms with van der Waals surface area (Å²) in [7, 11) is 3.27. The summed E-state index contributed by atoms with van der Waals surface area (Å²) in [4.78, 5) is 25.9. The Kier molecular flexibility index (Phi) is 6.76. The van der Waals surface area contributed by atoms with Crippen LogP contribution in [0.15, 0.2) is 67.0 Å². The molecule has 2 aromatic carbocycles. The Balaban J connectivity index is 1.50. The van der Waals surface area contributed by atoms with Crippen LogP contribution in [-0.4, -0.2) is 47.3 Å². The Hall–Kier alpha value is -3.45. The van der Waals surface area contributed by atoms with Crippen LogP contribution in [0, 0.1) is 0 Å². The summed E-state index contributed by atoms with van der Waals surface area (Å²) in [5, 5.41) is 4.32. The molecule has 29 heavy (non-hydrogen) atoms. The Morgan fingerprint density at radius 3 is 2.45 bits per heavy atom. The standard InChI is InChI=1S/C22H23N3O4/c1-24(13-18-12-23-25(14-18)20-6-4-3-5-7-20)21(26)16-29-22(27)19-10-8-17(9-11-19)15-28-2/h3-12,14H,13,15-16H2,1-2H3. The molecule has 0 spiro atoms. The van der Waals surface area contributed by atoms with Crippen molar-refractivity contribution in [1.29, 1.82) is 0 Å². The summed E-state index contributed by atoms with van der Waals surface area (Å²) in [6.45, 7) is 0.524. The van der Waals surface area contributed by atoms with Crippen LogP contribution >= 0.6 is 0 Å². The van der Waals surface area contributed by atoms with Gasteiger partial charge in [-0.2, -0.15) is 5.10 Å². The fourth-order valence-corrected chi connectivity index (χ4v) is 2.75. The van der Waals surface area contributed by atoms with Crippen LogP contribution in [-0.2, 0) is 27.4 Å². The third kappa shape index (κ3) is 5.52. The maximum absolute atomic E-state index is 12.3. The van der Waals surface area contributed by atoms with Crippen molar-refractivity contribution >= 4 is 11.9 Å². The molecule has 0 aliphatic rings. The smallest absolute Gasteiger partial charge is 0.338 e. The number of ether oxygens (including phenoxy) is 2. The van der Waals surface area contributed by atoms with Gasteiger partial charge in [-0.3, -0.25) is 4.79 Å². The van der Waals surface area contributed by atoms with Gasteiger partial charge in [0.15, 0.2) is 6.61 Å². The van der Waals surface area contributed by atoms with Crippen molar-refractivity contribution in [3.63, 3.8) is 0 Å². The predicted octanol–water partition coefficient (Wildman–Crippen LogP) is 2.83. The number of rotatable bonds is 8. The Morgan fingerprint density at radius 2 is 1.76 bits per heavy atom. The molecule has 0 fully saturated rings. The van der Waals surface area contributed by atoms with Gasteiger partial charge < -0.3 is 14.4 Å². The zero-order valence-electron chi connectivity index (χ0n) is 16.4. The molecular formula is C22H23N3O4. The monoisotopic (exact) mass is 393 g/mol. The second kappa shape index (κ2) is 9.66. The maximum Gasteiger partial charge on any atom is 0.338 e. The molecule has 3 aromatic rings. The highest BCUT2D eigenvalue weighted by atomic mass is 16.5. The number of methoxy groups -OCH3 is 1. The molecule has 1 amide bonds. The SMILES string of the molecule is COCc1ccc(C(=O)OCC(=O)N(C)Cc2cnn(-c3ccccc3)c2)cc1. The molecule has 0 unspecified atom stereocenters. The van der Waals surface area contributed by atoms with E-state index in [4.69, 9.17) is 9.47 Å². The van der Waals surface area contributed by atoms with Crippen molar-refractivity contribution in [3.8, 4) is 5.69 Å². The number of likely N-dealkylation sites (N-methyl/N-ethyl adjacent to an activating group) is 1. The Bertz CT molecular complexity index is 952. The number of benzene rings is 2. The molecule has 0 radical (unpaired) electrons. The third-order valence-electron chi connectivity index (χ3n) is 4.33. The van der Waals surface area contributed by atoms with E-state index in [9.17, 15) is 9.59 Å². The first kappa shape index (κ1) is 20.3. The van der Waals surface area contributed by atoms with E-state index < -0.39 is 5.97 Å². The minimum absolute atomic E-state index is 0.290. The van der Waals surface area contributed by atoms with E-state index in [0.717, 1.165) is 16.8 Å². The van der Waals surface area contributed by atoms with E-state index in [2.05, 4.69) is 5.10 Å². The van der Waals surface area contributed by atoms with Crippen molar-refractivity contribution in [2.75, 3.05) is 20.8 Å². The average Bonchev–Trinajstić information content (AvgIpc) is 3.21. The molecule has 1 heterocycles. The van der Waals surface area contributed by atoms with Gasteiger partial charge in [0.1, 0.15) is 0 Å². The number of carbonyl (C=O) groups excluding carboxylic acids is 2. The normalized spacial score (nSPS) is 10.6. The highest BCUT2D eigenvalue weighted by molar-refractivity contribution is 5.91. The lowest BCUT2D eigenvalue weighted by Crippen LogP contribution is -2.30. The number of hydrogen-bond donors (Lipinski definition) is 0. The van der Waals surface area contributed by atoms with Crippen molar-refractivity contribution in [1.82, 2.24) is 14.7 Å². The van der Waals surface area contributed by atoms with Crippen LogP contribution in [0.5, 0.6) is 0 Å². The quantitative estimate of drug-likeness (QED) is 0.550. The molecule has 7 heteroatoms. The molecule has 0 aliphatic carbocycles. The van der Waals surface area contributed by atoms with E-state index in [1.165, 1.54) is 4.90 Å². The van der Waals surface area contributed by atoms with Gasteiger partial charge in [-0.05, 0) is 29.8 Å². The molecule has 0 N–H and O–H groups in total. The number of para-hydroxylation sites is 1. The van der Waals surface area contributed by atoms with Crippen molar-refractivity contribution in [2.24, 2.45) is 0 Å². The van der Waals surface area contributed by atoms with Gasteiger partial charge in [-0.15, -0.1) is 0 Å². The number of carbonyl (C=O) groups is 2. The molecule has 150 valence electrons. The second-order valence-corrected chi connectivity index (χ2v) is 6.58. The molecule has 3 rings (SSSR count). The first-order chi connectivity index (χ1) is 14.1. The summed E-state index contributed by atoms with van der Waals surface area (Å²) in [6.07, 6.45) is 3.58. The summed E-state index contributed by atoms with van der Waals surface area (Å²) < 4.78 is 11.9. The zero-order chi connectivity index (χ0) is 20.6. The van der Waals surface area contributed by atoms with Crippen LogP contribution in [0.2, 0.25) is 0 Å². The van der Waals surface area contributed by atoms with E-state index in [1.807, 2.05) is 36.5 Å². The van der Waals surface area contributed by atoms with E-state index in [0.29, 0.717) is 18.7 Å². The van der Waals surface area contributed by atoms with Crippen molar-refractivity contribution in [2.45, 2.75) is 13.2 Å². The third-order valence-corrected chi connectivity index (χ3v) is 4.33. The van der Waals surface area contributed by atoms with Gasteiger partial charge in [0.2, 0.25) is 0 Å². The molecule has 0 atom stereocenters. The van der Waals surface area contributed by atoms with Crippen molar-refractivity contribution < 1.29 is 19.1 Å². The lowest BCUT2D eigenvalue weighted by atomic mass is 10.1. The number of amides is 1. The number of hydrogen-bond acceptors (Lipinski definition) is 5. The van der Waals surface area contributed by atoms with E-state index in [-0.39, 0.29) is 12.5 Å². The minimum Gasteiger partial charge on any atom is -0.452 e. The fraction of sp³-hybridized carbons (Fsp3) is 0.227. The summed E-state index contributed by atoms with van der Waals surface area (Å²) in [5.74, 6) is -0.825. The van der Waals surface area contributed by atoms with Gasteiger partial charge in [-0.1, -0.05) is 30.3 Å². The zero-order valence-corrected chi connectivity index (χ0v) is 16.4. The molecule has 1 aromatic heterocycles. The van der Waals surface area contributed by atoms with Crippen LogP contribution < -0.4 is 0 Å². The molecule has 0 bridgehead atoms. The van der Waals surface area contributed by atoms with Gasteiger partial charge in [-0.25, -0.2) is 9.48 Å². The summed E-state index contributed by atoms with van der Waals surface area (Å²) in [6, 6.07) is 16.6. The molecule has 0 aliphatic heterocycles. The first-order valence-electron chi connectivity index (χ1n) is 9.15. The maximum atomic E-state index is 12.3. The van der Waals surface area contributed by atoms with Crippen LogP contribution in [0.25, 0.3) is 5.69 Å². The molecule has 0 saturated heterocycles. The molecule has 7 nitrogen and oxygen atoms in total. The van der Waals surface area contributed by atoms with Gasteiger partial charge in [0, 0.05) is 32.5 Å². The lowest BCUT2D eigenvalue weighted by molar-refractivity contribution is -0.133. The Morgan fingerprint density at radius 1 is 1.03 bits per heavy atom. The number of aromatic nitrogens is 2. The van der Waals surface area contributed by atoms with Gasteiger partial charge in [0.05, 0.1) is 24.1 Å². The number of esters is 1. The fourth-order valence-electron chi connectivity index (χ4n) is 2.75. The topological polar surface area (TPSA) is 73.7 Å². The van der Waals surface area contributed by atoms with E-state index >= 15 is 0 Å². The Labute approximate surface area is 169 Å². The van der Waals surface area contributed by atoms with E-state index in [1.54, 1.807) is 49.3 Å². The molecular weight excluding hydrogens is 370 g/mol.